The molecule has 0 aliphatic carbocycles. The van der Waals surface area contributed by atoms with Crippen LogP contribution in [-0.4, -0.2) is 134 Å². The van der Waals surface area contributed by atoms with Crippen molar-refractivity contribution in [1.82, 2.24) is 20.9 Å². The van der Waals surface area contributed by atoms with Crippen LogP contribution in [0.2, 0.25) is 0 Å². The standard InChI is InChI=1S/C18H30N2O7.C9H15NO4.C9H17NO4/c1-6-13(19-17(24)27-18(2,3)4)15(22)20-12(10-26-11-21)8-7-9-14(20)16(23)25-5;1-13-9(12)8-4-2-3-7(10-8)5-14-6-11;1-5-6(7(11)12)10-8(13)14-9(2,3)4/h11-14H,6-10H2,1-5H3,(H,19,24);6-8,10H,2-5H2,1H3;6H,5H2,1-4H3,(H,10,13)(H,11,12)/t12-,13+,14+;7-,8+;6-/m110/s1. The number of nitrogens with one attached hydrogen (secondary N) is 3. The minimum absolute atomic E-state index is 0.0222. The normalized spacial score (nSPS) is 20.4. The molecule has 19 nitrogen and oxygen atoms in total. The summed E-state index contributed by atoms with van der Waals surface area (Å²) in [6.07, 6.45) is 3.58. The van der Waals surface area contributed by atoms with Gasteiger partial charge in [0, 0.05) is 6.04 Å². The molecule has 0 bridgehead atoms. The second kappa shape index (κ2) is 25.4. The lowest BCUT2D eigenvalue weighted by atomic mass is 9.94. The maximum Gasteiger partial charge on any atom is 0.408 e. The smallest absolute Gasteiger partial charge is 0.408 e. The number of esters is 2. The number of carbonyl (C=O) groups excluding carboxylic acids is 7. The number of amides is 3. The van der Waals surface area contributed by atoms with E-state index in [4.69, 9.17) is 24.1 Å². The first-order valence-electron chi connectivity index (χ1n) is 18.2. The largest absolute Gasteiger partial charge is 0.480 e. The van der Waals surface area contributed by atoms with Gasteiger partial charge >= 0.3 is 30.1 Å². The predicted molar refractivity (Wildman–Crippen MR) is 195 cm³/mol. The van der Waals surface area contributed by atoms with Crippen molar-refractivity contribution in [2.45, 2.75) is 154 Å². The second-order valence-electron chi connectivity index (χ2n) is 14.7. The average molecular weight is 791 g/mol. The van der Waals surface area contributed by atoms with Crippen LogP contribution in [0.4, 0.5) is 9.59 Å². The molecule has 2 heterocycles. The average Bonchev–Trinajstić information content (AvgIpc) is 3.12. The lowest BCUT2D eigenvalue weighted by molar-refractivity contribution is -0.160. The van der Waals surface area contributed by atoms with Gasteiger partial charge in [-0.3, -0.25) is 24.5 Å². The number of likely N-dealkylation sites (tertiary alicyclic amines) is 1. The zero-order chi connectivity index (χ0) is 42.4. The summed E-state index contributed by atoms with van der Waals surface area (Å²) in [5, 5.41) is 16.6. The molecule has 0 radical (unpaired) electrons. The van der Waals surface area contributed by atoms with Gasteiger partial charge in [0.05, 0.1) is 20.3 Å². The van der Waals surface area contributed by atoms with Gasteiger partial charge < -0.3 is 49.1 Å². The van der Waals surface area contributed by atoms with E-state index in [1.165, 1.54) is 19.1 Å². The van der Waals surface area contributed by atoms with E-state index < -0.39 is 65.4 Å². The molecular weight excluding hydrogens is 728 g/mol. The van der Waals surface area contributed by atoms with Crippen molar-refractivity contribution in [3.63, 3.8) is 0 Å². The first-order chi connectivity index (χ1) is 25.7. The fraction of sp³-hybridized carbons (Fsp3) is 0.778. The van der Waals surface area contributed by atoms with Crippen LogP contribution in [0.5, 0.6) is 0 Å². The van der Waals surface area contributed by atoms with E-state index in [0.29, 0.717) is 51.7 Å². The Labute approximate surface area is 323 Å². The Balaban J connectivity index is 0.000000876. The number of alkyl carbamates (subject to hydrolysis) is 2. The van der Waals surface area contributed by atoms with Gasteiger partial charge in [0.1, 0.15) is 48.6 Å². The molecule has 0 aromatic carbocycles. The molecule has 4 N–H and O–H groups in total. The third kappa shape index (κ3) is 20.5. The highest BCUT2D eigenvalue weighted by Gasteiger charge is 2.42. The number of rotatable bonds is 14. The van der Waals surface area contributed by atoms with Crippen molar-refractivity contribution in [3.8, 4) is 0 Å². The molecule has 0 aromatic heterocycles. The van der Waals surface area contributed by atoms with E-state index in [-0.39, 0.29) is 24.7 Å². The number of methoxy groups -OCH3 is 2. The molecule has 0 saturated carbocycles. The number of nitrogens with zero attached hydrogens (tertiary/aromatic N) is 1. The summed E-state index contributed by atoms with van der Waals surface area (Å²) in [5.41, 5.74) is -1.31. The van der Waals surface area contributed by atoms with Crippen LogP contribution in [0.15, 0.2) is 0 Å². The zero-order valence-corrected chi connectivity index (χ0v) is 33.8. The molecule has 2 rings (SSSR count). The second-order valence-corrected chi connectivity index (χ2v) is 14.7. The van der Waals surface area contributed by atoms with E-state index in [0.717, 1.165) is 19.3 Å². The highest BCUT2D eigenvalue weighted by molar-refractivity contribution is 5.90. The number of carboxylic acids is 1. The Bertz CT molecular complexity index is 1250. The number of aliphatic carboxylic acids is 1. The van der Waals surface area contributed by atoms with Gasteiger partial charge in [-0.15, -0.1) is 0 Å². The number of ether oxygens (including phenoxy) is 6. The number of hydrogen-bond donors (Lipinski definition) is 4. The van der Waals surface area contributed by atoms with Crippen molar-refractivity contribution < 1.29 is 71.9 Å². The highest BCUT2D eigenvalue weighted by atomic mass is 16.6. The van der Waals surface area contributed by atoms with Gasteiger partial charge in [0.25, 0.3) is 12.9 Å². The number of hydrogen-bond acceptors (Lipinski definition) is 15. The van der Waals surface area contributed by atoms with E-state index in [1.807, 2.05) is 0 Å². The van der Waals surface area contributed by atoms with Crippen LogP contribution < -0.4 is 16.0 Å². The van der Waals surface area contributed by atoms with E-state index in [9.17, 15) is 38.4 Å². The third-order valence-electron chi connectivity index (χ3n) is 7.96. The lowest BCUT2D eigenvalue weighted by Gasteiger charge is -2.41. The molecule has 0 unspecified atom stereocenters. The Morgan fingerprint density at radius 2 is 1.24 bits per heavy atom. The molecule has 2 fully saturated rings. The fourth-order valence-electron chi connectivity index (χ4n) is 5.49. The van der Waals surface area contributed by atoms with Gasteiger partial charge in [-0.05, 0) is 92.9 Å². The van der Waals surface area contributed by atoms with Crippen LogP contribution in [-0.2, 0) is 57.2 Å². The Morgan fingerprint density at radius 3 is 1.69 bits per heavy atom. The van der Waals surface area contributed by atoms with Crippen LogP contribution in [0.3, 0.4) is 0 Å². The fourth-order valence-corrected chi connectivity index (χ4v) is 5.49. The van der Waals surface area contributed by atoms with Crippen LogP contribution in [0.25, 0.3) is 0 Å². The Hall–Kier alpha value is -4.68. The summed E-state index contributed by atoms with van der Waals surface area (Å²) >= 11 is 0. The van der Waals surface area contributed by atoms with E-state index >= 15 is 0 Å². The first-order valence-corrected chi connectivity index (χ1v) is 18.2. The van der Waals surface area contributed by atoms with Gasteiger partial charge in [0.15, 0.2) is 0 Å². The summed E-state index contributed by atoms with van der Waals surface area (Å²) in [4.78, 5) is 92.2. The molecule has 3 amide bonds. The zero-order valence-electron chi connectivity index (χ0n) is 33.8. The monoisotopic (exact) mass is 790 g/mol. The minimum Gasteiger partial charge on any atom is -0.480 e. The van der Waals surface area contributed by atoms with Crippen LogP contribution >= 0.6 is 0 Å². The molecule has 55 heavy (non-hydrogen) atoms. The molecule has 0 aromatic rings. The predicted octanol–water partition coefficient (Wildman–Crippen LogP) is 2.60. The van der Waals surface area contributed by atoms with Crippen molar-refractivity contribution in [2.24, 2.45) is 0 Å². The van der Waals surface area contributed by atoms with Crippen molar-refractivity contribution in [1.29, 1.82) is 0 Å². The van der Waals surface area contributed by atoms with Crippen molar-refractivity contribution >= 4 is 48.9 Å². The quantitative estimate of drug-likeness (QED) is 0.112. The summed E-state index contributed by atoms with van der Waals surface area (Å²) in [5.74, 6) is -2.27. The first kappa shape index (κ1) is 50.3. The van der Waals surface area contributed by atoms with E-state index in [2.05, 4.69) is 25.4 Å². The molecule has 6 atom stereocenters. The molecule has 316 valence electrons. The van der Waals surface area contributed by atoms with Crippen molar-refractivity contribution in [3.05, 3.63) is 0 Å². The maximum absolute atomic E-state index is 13.1. The van der Waals surface area contributed by atoms with Gasteiger partial charge in [-0.1, -0.05) is 13.8 Å². The molecule has 2 aliphatic heterocycles. The topological polar surface area (TPSA) is 251 Å². The summed E-state index contributed by atoms with van der Waals surface area (Å²) in [6.45, 7) is 14.8. The summed E-state index contributed by atoms with van der Waals surface area (Å²) in [6, 6.07) is -3.19. The SMILES string of the molecule is CC[C@H](NC(=O)OC(C)(C)C)C(=O)N1[C@@H](COC=O)CCC[C@H]1C(=O)OC.CC[C@H](NC(=O)OC(C)(C)C)C(=O)O.COC(=O)[C@@H]1CCC[C@H](COC=O)N1. The molecule has 0 spiro atoms. The van der Waals surface area contributed by atoms with Gasteiger partial charge in [-0.2, -0.15) is 0 Å². The summed E-state index contributed by atoms with van der Waals surface area (Å²) in [7, 11) is 2.63. The molecule has 19 heteroatoms. The molecule has 2 saturated heterocycles. The highest BCUT2D eigenvalue weighted by Crippen LogP contribution is 2.26. The molecule has 2 aliphatic rings. The number of carboxylic acid groups (broad SMARTS) is 1. The summed E-state index contributed by atoms with van der Waals surface area (Å²) < 4.78 is 29.1. The maximum atomic E-state index is 13.1. The van der Waals surface area contributed by atoms with Crippen LogP contribution in [0.1, 0.15) is 107 Å². The van der Waals surface area contributed by atoms with Gasteiger partial charge in [-0.25, -0.2) is 19.2 Å². The Kier molecular flexibility index (Phi) is 23.2. The van der Waals surface area contributed by atoms with Crippen LogP contribution in [0, 0.1) is 0 Å². The van der Waals surface area contributed by atoms with E-state index in [1.54, 1.807) is 55.4 Å². The molecular formula is C36H62N4O15. The van der Waals surface area contributed by atoms with Crippen molar-refractivity contribution in [2.75, 3.05) is 27.4 Å². The third-order valence-corrected chi connectivity index (χ3v) is 7.96. The lowest BCUT2D eigenvalue weighted by Crippen LogP contribution is -2.60. The number of piperidine rings is 2. The van der Waals surface area contributed by atoms with Gasteiger partial charge in [0.2, 0.25) is 5.91 Å². The minimum atomic E-state index is -1.06. The Morgan fingerprint density at radius 1 is 0.745 bits per heavy atom. The number of carbonyl (C=O) groups is 8.